The fraction of sp³-hybridized carbons (Fsp3) is 0.320. The number of carbonyl (C=O) groups excluding carboxylic acids is 1. The quantitative estimate of drug-likeness (QED) is 0.458. The first-order chi connectivity index (χ1) is 16.2. The number of aromatic nitrogens is 3. The van der Waals surface area contributed by atoms with Crippen LogP contribution in [0, 0.1) is 12.8 Å². The molecule has 1 unspecified atom stereocenters. The third-order valence-electron chi connectivity index (χ3n) is 6.17. The Kier molecular flexibility index (Phi) is 5.02. The fourth-order valence-corrected chi connectivity index (χ4v) is 5.09. The predicted octanol–water partition coefficient (Wildman–Crippen LogP) is 4.50. The Morgan fingerprint density at radius 2 is 2.06 bits per heavy atom. The molecule has 168 valence electrons. The molecule has 3 aromatic heterocycles. The minimum Gasteiger partial charge on any atom is -0.486 e. The van der Waals surface area contributed by atoms with Crippen molar-refractivity contribution in [3.63, 3.8) is 0 Å². The van der Waals surface area contributed by atoms with E-state index in [0.717, 1.165) is 46.6 Å². The molecule has 0 radical (unpaired) electrons. The van der Waals surface area contributed by atoms with E-state index in [1.165, 1.54) is 4.88 Å². The van der Waals surface area contributed by atoms with Gasteiger partial charge >= 0.3 is 0 Å². The molecule has 1 N–H and O–H groups in total. The highest BCUT2D eigenvalue weighted by Crippen LogP contribution is 2.43. The lowest BCUT2D eigenvalue weighted by molar-refractivity contribution is 0.0933. The van der Waals surface area contributed by atoms with E-state index in [0.29, 0.717) is 31.2 Å². The van der Waals surface area contributed by atoms with E-state index in [1.807, 2.05) is 41.9 Å². The maximum Gasteiger partial charge on any atom is 0.252 e. The number of nitrogens with one attached hydrogen (secondary N) is 1. The number of pyridine rings is 1. The van der Waals surface area contributed by atoms with Crippen LogP contribution in [-0.4, -0.2) is 33.9 Å². The van der Waals surface area contributed by atoms with E-state index in [9.17, 15) is 4.79 Å². The van der Waals surface area contributed by atoms with Crippen molar-refractivity contribution in [3.8, 4) is 11.5 Å². The number of carbonyl (C=O) groups is 1. The molecule has 2 aliphatic rings. The van der Waals surface area contributed by atoms with E-state index in [2.05, 4.69) is 26.8 Å². The number of benzene rings is 1. The Morgan fingerprint density at radius 3 is 2.85 bits per heavy atom. The second-order valence-corrected chi connectivity index (χ2v) is 9.65. The smallest absolute Gasteiger partial charge is 0.252 e. The summed E-state index contributed by atoms with van der Waals surface area (Å²) in [4.78, 5) is 19.4. The van der Waals surface area contributed by atoms with Crippen molar-refractivity contribution in [1.82, 2.24) is 20.1 Å². The number of hydrogen-bond acceptors (Lipinski definition) is 6. The van der Waals surface area contributed by atoms with Crippen LogP contribution >= 0.6 is 11.3 Å². The van der Waals surface area contributed by atoms with Gasteiger partial charge in [-0.3, -0.25) is 4.79 Å². The molecule has 1 atom stereocenters. The molecule has 33 heavy (non-hydrogen) atoms. The minimum absolute atomic E-state index is 0.0713. The van der Waals surface area contributed by atoms with Crippen molar-refractivity contribution in [3.05, 3.63) is 69.7 Å². The van der Waals surface area contributed by atoms with E-state index >= 15 is 0 Å². The Morgan fingerprint density at radius 1 is 1.21 bits per heavy atom. The van der Waals surface area contributed by atoms with Gasteiger partial charge in [0, 0.05) is 10.6 Å². The van der Waals surface area contributed by atoms with Gasteiger partial charge in [0.05, 0.1) is 29.7 Å². The molecule has 0 saturated heterocycles. The topological polar surface area (TPSA) is 78.3 Å². The van der Waals surface area contributed by atoms with Crippen LogP contribution in [0.4, 0.5) is 0 Å². The first kappa shape index (κ1) is 20.2. The van der Waals surface area contributed by atoms with Gasteiger partial charge in [-0.05, 0) is 60.9 Å². The Balaban J connectivity index is 1.31. The summed E-state index contributed by atoms with van der Waals surface area (Å²) >= 11 is 1.68. The molecule has 0 spiro atoms. The van der Waals surface area contributed by atoms with Crippen molar-refractivity contribution >= 4 is 28.3 Å². The van der Waals surface area contributed by atoms with Gasteiger partial charge in [-0.2, -0.15) is 5.10 Å². The molecule has 4 aromatic rings. The minimum atomic E-state index is -0.104. The molecule has 8 heteroatoms. The van der Waals surface area contributed by atoms with Gasteiger partial charge in [0.25, 0.3) is 5.91 Å². The van der Waals surface area contributed by atoms with E-state index in [-0.39, 0.29) is 11.9 Å². The fourth-order valence-electron chi connectivity index (χ4n) is 4.40. The van der Waals surface area contributed by atoms with Crippen LogP contribution in [0.15, 0.2) is 48.0 Å². The van der Waals surface area contributed by atoms with Crippen LogP contribution in [0.25, 0.3) is 11.0 Å². The molecule has 0 bridgehead atoms. The molecule has 1 aromatic carbocycles. The lowest BCUT2D eigenvalue weighted by Crippen LogP contribution is -2.30. The molecule has 1 aliphatic heterocycles. The maximum atomic E-state index is 13.5. The molecule has 1 aliphatic carbocycles. The summed E-state index contributed by atoms with van der Waals surface area (Å²) in [6.45, 7) is 3.66. The number of fused-ring (bicyclic) bond motifs is 2. The summed E-state index contributed by atoms with van der Waals surface area (Å²) in [5.74, 6) is 1.83. The highest BCUT2D eigenvalue weighted by Gasteiger charge is 2.34. The average molecular weight is 461 g/mol. The van der Waals surface area contributed by atoms with Crippen molar-refractivity contribution in [2.24, 2.45) is 5.92 Å². The summed E-state index contributed by atoms with van der Waals surface area (Å²) in [7, 11) is 0. The van der Waals surface area contributed by atoms with Gasteiger partial charge in [-0.1, -0.05) is 12.1 Å². The number of rotatable bonds is 6. The van der Waals surface area contributed by atoms with Gasteiger partial charge in [-0.25, -0.2) is 9.67 Å². The Labute approximate surface area is 195 Å². The van der Waals surface area contributed by atoms with Crippen molar-refractivity contribution in [2.45, 2.75) is 32.4 Å². The molecule has 1 fully saturated rings. The number of ether oxygens (including phenoxy) is 2. The Bertz CT molecular complexity index is 1330. The molecular formula is C25H24N4O3S. The lowest BCUT2D eigenvalue weighted by atomic mass is 10.0. The largest absolute Gasteiger partial charge is 0.486 e. The zero-order valence-corrected chi connectivity index (χ0v) is 19.1. The molecule has 7 nitrogen and oxygen atoms in total. The van der Waals surface area contributed by atoms with Crippen molar-refractivity contribution < 1.29 is 14.3 Å². The van der Waals surface area contributed by atoms with Crippen molar-refractivity contribution in [2.75, 3.05) is 13.2 Å². The van der Waals surface area contributed by atoms with Crippen LogP contribution < -0.4 is 14.8 Å². The first-order valence-corrected chi connectivity index (χ1v) is 12.1. The second kappa shape index (κ2) is 8.19. The van der Waals surface area contributed by atoms with Gasteiger partial charge < -0.3 is 14.8 Å². The van der Waals surface area contributed by atoms with Crippen LogP contribution in [0.2, 0.25) is 0 Å². The number of nitrogens with zero attached hydrogens (tertiary/aromatic N) is 3. The number of aryl methyl sites for hydroxylation is 1. The SMILES string of the molecule is Cc1cc(C(=O)NC(c2ccc3c(c2)OCCO3)C2CC2)c2cnn(Cc3cccs3)c2n1. The third-order valence-corrected chi connectivity index (χ3v) is 7.03. The zero-order chi connectivity index (χ0) is 22.4. The summed E-state index contributed by atoms with van der Waals surface area (Å²) in [5, 5.41) is 10.7. The van der Waals surface area contributed by atoms with Crippen LogP contribution in [0.5, 0.6) is 11.5 Å². The highest BCUT2D eigenvalue weighted by atomic mass is 32.1. The monoisotopic (exact) mass is 460 g/mol. The highest BCUT2D eigenvalue weighted by molar-refractivity contribution is 7.09. The molecule has 4 heterocycles. The van der Waals surface area contributed by atoms with Gasteiger partial charge in [0.15, 0.2) is 17.1 Å². The number of amides is 1. The summed E-state index contributed by atoms with van der Waals surface area (Å²) < 4.78 is 13.3. The average Bonchev–Trinajstić information content (AvgIpc) is 3.40. The van der Waals surface area contributed by atoms with Crippen LogP contribution in [0.1, 0.15) is 45.4 Å². The lowest BCUT2D eigenvalue weighted by Gasteiger charge is -2.23. The first-order valence-electron chi connectivity index (χ1n) is 11.2. The summed E-state index contributed by atoms with van der Waals surface area (Å²) in [6.07, 6.45) is 3.95. The maximum absolute atomic E-state index is 13.5. The molecule has 1 saturated carbocycles. The second-order valence-electron chi connectivity index (χ2n) is 8.62. The number of hydrogen-bond donors (Lipinski definition) is 1. The predicted molar refractivity (Wildman–Crippen MR) is 126 cm³/mol. The summed E-state index contributed by atoms with van der Waals surface area (Å²) in [6, 6.07) is 11.9. The van der Waals surface area contributed by atoms with E-state index in [4.69, 9.17) is 9.47 Å². The number of thiophene rings is 1. The third kappa shape index (κ3) is 3.95. The Hall–Kier alpha value is -3.39. The zero-order valence-electron chi connectivity index (χ0n) is 18.3. The van der Waals surface area contributed by atoms with Crippen LogP contribution in [-0.2, 0) is 6.54 Å². The van der Waals surface area contributed by atoms with E-state index in [1.54, 1.807) is 17.5 Å². The van der Waals surface area contributed by atoms with Crippen LogP contribution in [0.3, 0.4) is 0 Å². The molecule has 1 amide bonds. The van der Waals surface area contributed by atoms with Gasteiger partial charge in [-0.15, -0.1) is 11.3 Å². The van der Waals surface area contributed by atoms with Gasteiger partial charge in [0.2, 0.25) is 0 Å². The standard InChI is InChI=1S/C25H24N4O3S/c1-15-11-19(20-13-26-29(24(20)27-15)14-18-3-2-10-33-18)25(30)28-23(16-4-5-16)17-6-7-21-22(12-17)32-9-8-31-21/h2-3,6-7,10-13,16,23H,4-5,8-9,14H2,1H3,(H,28,30). The van der Waals surface area contributed by atoms with Crippen molar-refractivity contribution in [1.29, 1.82) is 0 Å². The van der Waals surface area contributed by atoms with Gasteiger partial charge in [0.1, 0.15) is 13.2 Å². The van der Waals surface area contributed by atoms with E-state index < -0.39 is 0 Å². The summed E-state index contributed by atoms with van der Waals surface area (Å²) in [5.41, 5.74) is 3.18. The molecule has 6 rings (SSSR count). The normalized spacial score (nSPS) is 16.0. The molecular weight excluding hydrogens is 436 g/mol.